The summed E-state index contributed by atoms with van der Waals surface area (Å²) in [4.78, 5) is 0.342. The Morgan fingerprint density at radius 1 is 1.37 bits per heavy atom. The number of hydrogen-bond donors (Lipinski definition) is 0. The van der Waals surface area contributed by atoms with Crippen molar-refractivity contribution in [1.29, 1.82) is 0 Å². The number of rotatable bonds is 6. The minimum Gasteiger partial charge on any atom is -0.494 e. The molecule has 0 aliphatic carbocycles. The Balaban J connectivity index is 2.04. The van der Waals surface area contributed by atoms with Gasteiger partial charge in [0.1, 0.15) is 18.1 Å². The van der Waals surface area contributed by atoms with E-state index in [2.05, 4.69) is 41.9 Å². The molecule has 104 valence electrons. The number of ether oxygens (including phenoxy) is 2. The Bertz CT molecular complexity index is 452. The normalized spacial score (nSPS) is 15.2. The predicted molar refractivity (Wildman–Crippen MR) is 83.3 cm³/mol. The van der Waals surface area contributed by atoms with E-state index in [-0.39, 0.29) is 0 Å². The van der Waals surface area contributed by atoms with Crippen LogP contribution in [0.2, 0.25) is 0 Å². The number of unbranched alkanes of at least 4 members (excludes halogenated alkanes) is 2. The third-order valence-electron chi connectivity index (χ3n) is 3.24. The van der Waals surface area contributed by atoms with Crippen LogP contribution in [0.15, 0.2) is 23.8 Å². The van der Waals surface area contributed by atoms with Crippen molar-refractivity contribution < 1.29 is 9.47 Å². The van der Waals surface area contributed by atoms with Gasteiger partial charge in [-0.05, 0) is 43.2 Å². The first-order valence-electron chi connectivity index (χ1n) is 6.95. The van der Waals surface area contributed by atoms with Crippen molar-refractivity contribution in [2.75, 3.05) is 13.2 Å². The van der Waals surface area contributed by atoms with Crippen molar-refractivity contribution in [2.45, 2.75) is 37.9 Å². The zero-order chi connectivity index (χ0) is 13.7. The highest BCUT2D eigenvalue weighted by atomic mass is 79.9. The summed E-state index contributed by atoms with van der Waals surface area (Å²) in [5.74, 6) is 1.87. The molecule has 1 unspecified atom stereocenters. The fourth-order valence-corrected chi connectivity index (χ4v) is 2.30. The Morgan fingerprint density at radius 3 is 2.95 bits per heavy atom. The van der Waals surface area contributed by atoms with E-state index < -0.39 is 0 Å². The van der Waals surface area contributed by atoms with Gasteiger partial charge in [-0.1, -0.05) is 35.7 Å². The number of hydrogen-bond acceptors (Lipinski definition) is 2. The van der Waals surface area contributed by atoms with Crippen LogP contribution < -0.4 is 9.47 Å². The van der Waals surface area contributed by atoms with E-state index in [4.69, 9.17) is 9.47 Å². The quantitative estimate of drug-likeness (QED) is 0.552. The molecule has 0 amide bonds. The van der Waals surface area contributed by atoms with Crippen LogP contribution in [-0.4, -0.2) is 18.0 Å². The fraction of sp³-hybridized carbons (Fsp3) is 0.500. The molecule has 1 aromatic rings. The Labute approximate surface area is 123 Å². The molecule has 0 radical (unpaired) electrons. The largest absolute Gasteiger partial charge is 0.494 e. The van der Waals surface area contributed by atoms with Crippen LogP contribution in [-0.2, 0) is 0 Å². The Hall–Kier alpha value is -0.960. The van der Waals surface area contributed by atoms with E-state index in [9.17, 15) is 0 Å². The lowest BCUT2D eigenvalue weighted by Crippen LogP contribution is -2.12. The molecule has 0 spiro atoms. The molecule has 0 N–H and O–H groups in total. The van der Waals surface area contributed by atoms with Crippen molar-refractivity contribution in [3.63, 3.8) is 0 Å². The lowest BCUT2D eigenvalue weighted by atomic mass is 10.1. The van der Waals surface area contributed by atoms with Gasteiger partial charge in [0, 0.05) is 10.4 Å². The van der Waals surface area contributed by atoms with Gasteiger partial charge in [-0.25, -0.2) is 0 Å². The van der Waals surface area contributed by atoms with Crippen molar-refractivity contribution in [1.82, 2.24) is 0 Å². The highest BCUT2D eigenvalue weighted by Gasteiger charge is 2.15. The van der Waals surface area contributed by atoms with E-state index in [1.807, 2.05) is 12.1 Å². The molecule has 2 nitrogen and oxygen atoms in total. The molecule has 1 atom stereocenters. The van der Waals surface area contributed by atoms with Gasteiger partial charge in [0.2, 0.25) is 0 Å². The molecule has 1 aliphatic heterocycles. The minimum atomic E-state index is 0.342. The van der Waals surface area contributed by atoms with Gasteiger partial charge in [0.05, 0.1) is 6.61 Å². The molecule has 0 saturated heterocycles. The van der Waals surface area contributed by atoms with E-state index in [0.717, 1.165) is 30.1 Å². The number of benzene rings is 1. The molecule has 0 bridgehead atoms. The lowest BCUT2D eigenvalue weighted by Gasteiger charge is -2.20. The van der Waals surface area contributed by atoms with Crippen LogP contribution in [0, 0.1) is 0 Å². The van der Waals surface area contributed by atoms with E-state index in [1.165, 1.54) is 18.4 Å². The van der Waals surface area contributed by atoms with Gasteiger partial charge in [0.25, 0.3) is 0 Å². The van der Waals surface area contributed by atoms with E-state index in [0.29, 0.717) is 11.4 Å². The van der Waals surface area contributed by atoms with Crippen LogP contribution in [0.5, 0.6) is 11.5 Å². The summed E-state index contributed by atoms with van der Waals surface area (Å²) in [6.45, 7) is 5.77. The van der Waals surface area contributed by atoms with Crippen LogP contribution in [0.25, 0.3) is 6.08 Å². The zero-order valence-corrected chi connectivity index (χ0v) is 13.2. The third-order valence-corrected chi connectivity index (χ3v) is 3.83. The Kier molecular flexibility index (Phi) is 5.32. The summed E-state index contributed by atoms with van der Waals surface area (Å²) in [5, 5.41) is 0. The van der Waals surface area contributed by atoms with Crippen molar-refractivity contribution >= 4 is 22.0 Å². The molecule has 1 aromatic carbocycles. The Morgan fingerprint density at radius 2 is 2.21 bits per heavy atom. The summed E-state index contributed by atoms with van der Waals surface area (Å²) >= 11 is 3.59. The van der Waals surface area contributed by atoms with Gasteiger partial charge in [0.15, 0.2) is 0 Å². The summed E-state index contributed by atoms with van der Waals surface area (Å²) in [5.41, 5.74) is 2.37. The van der Waals surface area contributed by atoms with Crippen LogP contribution in [0.4, 0.5) is 0 Å². The van der Waals surface area contributed by atoms with Crippen LogP contribution >= 0.6 is 15.9 Å². The standard InChI is InChI=1S/C16H21BrO2/c1-3-4-5-8-18-15-6-7-16-13(10-15)9-14(11-19-16)12(2)17/h6-7,9-10,12H,3-5,8,11H2,1-2H3. The van der Waals surface area contributed by atoms with Gasteiger partial charge in [-0.15, -0.1) is 0 Å². The smallest absolute Gasteiger partial charge is 0.127 e. The average molecular weight is 325 g/mol. The highest BCUT2D eigenvalue weighted by molar-refractivity contribution is 9.09. The molecule has 0 fully saturated rings. The fourth-order valence-electron chi connectivity index (χ4n) is 2.03. The second-order valence-corrected chi connectivity index (χ2v) is 6.25. The number of fused-ring (bicyclic) bond motifs is 1. The van der Waals surface area contributed by atoms with Gasteiger partial charge >= 0.3 is 0 Å². The topological polar surface area (TPSA) is 18.5 Å². The maximum Gasteiger partial charge on any atom is 0.127 e. The predicted octanol–water partition coefficient (Wildman–Crippen LogP) is 4.81. The van der Waals surface area contributed by atoms with Crippen LogP contribution in [0.3, 0.4) is 0 Å². The molecule has 3 heteroatoms. The monoisotopic (exact) mass is 324 g/mol. The number of alkyl halides is 1. The second kappa shape index (κ2) is 6.99. The third kappa shape index (κ3) is 4.00. The molecule has 1 aliphatic rings. The maximum absolute atomic E-state index is 5.77. The lowest BCUT2D eigenvalue weighted by molar-refractivity contribution is 0.304. The SMILES string of the molecule is CCCCCOc1ccc2c(c1)C=C(C(C)Br)CO2. The zero-order valence-electron chi connectivity index (χ0n) is 11.6. The molecular weight excluding hydrogens is 304 g/mol. The van der Waals surface area contributed by atoms with E-state index in [1.54, 1.807) is 0 Å². The molecule has 0 aromatic heterocycles. The van der Waals surface area contributed by atoms with Crippen LogP contribution in [0.1, 0.15) is 38.7 Å². The molecule has 1 heterocycles. The first-order chi connectivity index (χ1) is 9.20. The number of halogens is 1. The molecule has 19 heavy (non-hydrogen) atoms. The van der Waals surface area contributed by atoms with Crippen molar-refractivity contribution in [3.05, 3.63) is 29.3 Å². The van der Waals surface area contributed by atoms with Gasteiger partial charge in [-0.2, -0.15) is 0 Å². The molecular formula is C16H21BrO2. The highest BCUT2D eigenvalue weighted by Crippen LogP contribution is 2.32. The van der Waals surface area contributed by atoms with E-state index >= 15 is 0 Å². The summed E-state index contributed by atoms with van der Waals surface area (Å²) in [6, 6.07) is 6.05. The summed E-state index contributed by atoms with van der Waals surface area (Å²) in [7, 11) is 0. The summed E-state index contributed by atoms with van der Waals surface area (Å²) in [6.07, 6.45) is 5.75. The van der Waals surface area contributed by atoms with Crippen molar-refractivity contribution in [2.24, 2.45) is 0 Å². The average Bonchev–Trinajstić information content (AvgIpc) is 2.42. The molecule has 2 rings (SSSR count). The van der Waals surface area contributed by atoms with Gasteiger partial charge < -0.3 is 9.47 Å². The maximum atomic E-state index is 5.77. The summed E-state index contributed by atoms with van der Waals surface area (Å²) < 4.78 is 11.5. The first-order valence-corrected chi connectivity index (χ1v) is 7.86. The first kappa shape index (κ1) is 14.4. The second-order valence-electron chi connectivity index (χ2n) is 4.88. The van der Waals surface area contributed by atoms with Crippen molar-refractivity contribution in [3.8, 4) is 11.5 Å². The molecule has 0 saturated carbocycles. The minimum absolute atomic E-state index is 0.342. The van der Waals surface area contributed by atoms with Gasteiger partial charge in [-0.3, -0.25) is 0 Å².